The van der Waals surface area contributed by atoms with Gasteiger partial charge in [0.05, 0.1) is 6.04 Å². The highest BCUT2D eigenvalue weighted by atomic mass is 19.1. The Morgan fingerprint density at radius 2 is 1.97 bits per heavy atom. The van der Waals surface area contributed by atoms with Crippen LogP contribution in [0.5, 0.6) is 0 Å². The number of carbonyl (C=O) groups excluding carboxylic acids is 2. The van der Waals surface area contributed by atoms with Gasteiger partial charge in [-0.1, -0.05) is 24.3 Å². The molecule has 154 valence electrons. The fourth-order valence-electron chi connectivity index (χ4n) is 3.75. The minimum absolute atomic E-state index is 0.0285. The van der Waals surface area contributed by atoms with Gasteiger partial charge >= 0.3 is 6.03 Å². The third-order valence-electron chi connectivity index (χ3n) is 5.37. The summed E-state index contributed by atoms with van der Waals surface area (Å²) in [4.78, 5) is 26.7. The van der Waals surface area contributed by atoms with Crippen LogP contribution in [0.3, 0.4) is 0 Å². The molecule has 29 heavy (non-hydrogen) atoms. The van der Waals surface area contributed by atoms with Gasteiger partial charge in [0.15, 0.2) is 0 Å². The maximum atomic E-state index is 13.1. The molecule has 0 aromatic heterocycles. The molecule has 0 unspecified atom stereocenters. The molecule has 0 radical (unpaired) electrons. The van der Waals surface area contributed by atoms with Crippen molar-refractivity contribution in [2.75, 3.05) is 19.6 Å². The van der Waals surface area contributed by atoms with Crippen LogP contribution < -0.4 is 10.6 Å². The molecule has 0 spiro atoms. The summed E-state index contributed by atoms with van der Waals surface area (Å²) < 4.78 is 13.1. The number of amides is 3. The third kappa shape index (κ3) is 5.34. The van der Waals surface area contributed by atoms with E-state index in [1.54, 1.807) is 18.2 Å². The second kappa shape index (κ2) is 9.54. The van der Waals surface area contributed by atoms with Crippen molar-refractivity contribution in [3.05, 3.63) is 71.0 Å². The van der Waals surface area contributed by atoms with Gasteiger partial charge in [-0.2, -0.15) is 0 Å². The number of carbonyl (C=O) groups is 2. The zero-order valence-corrected chi connectivity index (χ0v) is 17.0. The topological polar surface area (TPSA) is 61.4 Å². The molecule has 1 aliphatic rings. The summed E-state index contributed by atoms with van der Waals surface area (Å²) in [6.07, 6.45) is 1.94. The fraction of sp³-hybridized carbons (Fsp3) is 0.391. The van der Waals surface area contributed by atoms with Crippen LogP contribution in [-0.2, 0) is 0 Å². The Bertz CT molecular complexity index is 853. The fourth-order valence-corrected chi connectivity index (χ4v) is 3.75. The van der Waals surface area contributed by atoms with Crippen molar-refractivity contribution >= 4 is 11.9 Å². The highest BCUT2D eigenvalue weighted by Gasteiger charge is 2.25. The van der Waals surface area contributed by atoms with E-state index in [0.717, 1.165) is 30.5 Å². The summed E-state index contributed by atoms with van der Waals surface area (Å²) in [6.45, 7) is 5.82. The van der Waals surface area contributed by atoms with Gasteiger partial charge in [-0.25, -0.2) is 9.18 Å². The van der Waals surface area contributed by atoms with Crippen LogP contribution in [-0.4, -0.2) is 36.5 Å². The SMILES string of the molecule is CCNC(=O)N1CCC[C@@H](c2cccc(C(=O)N[C@H](C)c3ccc(F)cc3)c2)C1. The number of hydrogen-bond acceptors (Lipinski definition) is 2. The molecule has 0 saturated carbocycles. The number of nitrogens with one attached hydrogen (secondary N) is 2. The number of likely N-dealkylation sites (tertiary alicyclic amines) is 1. The lowest BCUT2D eigenvalue weighted by molar-refractivity contribution is 0.0939. The van der Waals surface area contributed by atoms with Gasteiger partial charge in [-0.05, 0) is 62.1 Å². The summed E-state index contributed by atoms with van der Waals surface area (Å²) in [7, 11) is 0. The van der Waals surface area contributed by atoms with Gasteiger partial charge in [0, 0.05) is 31.1 Å². The van der Waals surface area contributed by atoms with Crippen LogP contribution in [0.1, 0.15) is 60.1 Å². The average Bonchev–Trinajstić information content (AvgIpc) is 2.74. The first-order valence-corrected chi connectivity index (χ1v) is 10.2. The van der Waals surface area contributed by atoms with Crippen molar-refractivity contribution in [3.63, 3.8) is 0 Å². The van der Waals surface area contributed by atoms with E-state index >= 15 is 0 Å². The van der Waals surface area contributed by atoms with Gasteiger partial charge in [0.2, 0.25) is 0 Å². The lowest BCUT2D eigenvalue weighted by Crippen LogP contribution is -2.44. The molecule has 3 rings (SSSR count). The Morgan fingerprint density at radius 3 is 2.69 bits per heavy atom. The first-order chi connectivity index (χ1) is 14.0. The van der Waals surface area contributed by atoms with Crippen molar-refractivity contribution in [2.24, 2.45) is 0 Å². The first-order valence-electron chi connectivity index (χ1n) is 10.2. The summed E-state index contributed by atoms with van der Waals surface area (Å²) in [5, 5.41) is 5.83. The third-order valence-corrected chi connectivity index (χ3v) is 5.37. The summed E-state index contributed by atoms with van der Waals surface area (Å²) >= 11 is 0. The van der Waals surface area contributed by atoms with Crippen molar-refractivity contribution in [1.82, 2.24) is 15.5 Å². The van der Waals surface area contributed by atoms with Crippen LogP contribution in [0.2, 0.25) is 0 Å². The minimum atomic E-state index is -0.297. The van der Waals surface area contributed by atoms with Crippen LogP contribution in [0, 0.1) is 5.82 Å². The molecule has 5 nitrogen and oxygen atoms in total. The highest BCUT2D eigenvalue weighted by molar-refractivity contribution is 5.94. The number of piperidine rings is 1. The molecule has 2 aromatic carbocycles. The van der Waals surface area contributed by atoms with Gasteiger partial charge in [-0.3, -0.25) is 4.79 Å². The number of hydrogen-bond donors (Lipinski definition) is 2. The minimum Gasteiger partial charge on any atom is -0.346 e. The Labute approximate surface area is 171 Å². The van der Waals surface area contributed by atoms with Crippen LogP contribution >= 0.6 is 0 Å². The Morgan fingerprint density at radius 1 is 1.21 bits per heavy atom. The van der Waals surface area contributed by atoms with Crippen molar-refractivity contribution in [3.8, 4) is 0 Å². The predicted octanol–water partition coefficient (Wildman–Crippen LogP) is 4.23. The zero-order valence-electron chi connectivity index (χ0n) is 17.0. The number of benzene rings is 2. The summed E-state index contributed by atoms with van der Waals surface area (Å²) in [6, 6.07) is 13.5. The van der Waals surface area contributed by atoms with Crippen LogP contribution in [0.15, 0.2) is 48.5 Å². The molecule has 1 saturated heterocycles. The van der Waals surface area contributed by atoms with E-state index in [2.05, 4.69) is 10.6 Å². The second-order valence-electron chi connectivity index (χ2n) is 7.49. The van der Waals surface area contributed by atoms with Crippen molar-refractivity contribution < 1.29 is 14.0 Å². The Kier molecular flexibility index (Phi) is 6.86. The molecule has 2 N–H and O–H groups in total. The lowest BCUT2D eigenvalue weighted by atomic mass is 9.89. The number of urea groups is 1. The molecule has 3 amide bonds. The molecule has 0 aliphatic carbocycles. The quantitative estimate of drug-likeness (QED) is 0.793. The summed E-state index contributed by atoms with van der Waals surface area (Å²) in [5.41, 5.74) is 2.51. The summed E-state index contributed by atoms with van der Waals surface area (Å²) in [5.74, 6) is -0.247. The van der Waals surface area contributed by atoms with E-state index in [9.17, 15) is 14.0 Å². The lowest BCUT2D eigenvalue weighted by Gasteiger charge is -2.33. The average molecular weight is 397 g/mol. The predicted molar refractivity (Wildman–Crippen MR) is 111 cm³/mol. The Balaban J connectivity index is 1.67. The van der Waals surface area contributed by atoms with Crippen molar-refractivity contribution in [1.29, 1.82) is 0 Å². The van der Waals surface area contributed by atoms with Crippen LogP contribution in [0.4, 0.5) is 9.18 Å². The maximum absolute atomic E-state index is 13.1. The molecule has 1 aliphatic heterocycles. The van der Waals surface area contributed by atoms with Crippen molar-refractivity contribution in [2.45, 2.75) is 38.6 Å². The van der Waals surface area contributed by atoms with E-state index in [0.29, 0.717) is 18.7 Å². The highest BCUT2D eigenvalue weighted by Crippen LogP contribution is 2.27. The number of rotatable bonds is 5. The zero-order chi connectivity index (χ0) is 20.8. The maximum Gasteiger partial charge on any atom is 0.317 e. The van der Waals surface area contributed by atoms with E-state index < -0.39 is 0 Å². The molecular weight excluding hydrogens is 369 g/mol. The Hall–Kier alpha value is -2.89. The van der Waals surface area contributed by atoms with Gasteiger partial charge in [0.25, 0.3) is 5.91 Å². The standard InChI is InChI=1S/C23H28FN3O2/c1-3-25-23(29)27-13-5-8-20(15-27)18-6-4-7-19(14-18)22(28)26-16(2)17-9-11-21(24)12-10-17/h4,6-7,9-12,14,16,20H,3,5,8,13,15H2,1-2H3,(H,25,29)(H,26,28)/t16-,20-/m1/s1. The second-order valence-corrected chi connectivity index (χ2v) is 7.49. The largest absolute Gasteiger partial charge is 0.346 e. The number of nitrogens with zero attached hydrogens (tertiary/aromatic N) is 1. The first kappa shape index (κ1) is 20.8. The molecule has 2 atom stereocenters. The molecular formula is C23H28FN3O2. The van der Waals surface area contributed by atoms with Gasteiger partial charge < -0.3 is 15.5 Å². The molecule has 0 bridgehead atoms. The van der Waals surface area contributed by atoms with E-state index in [4.69, 9.17) is 0 Å². The van der Waals surface area contributed by atoms with Gasteiger partial charge in [-0.15, -0.1) is 0 Å². The number of halogens is 1. The van der Waals surface area contributed by atoms with E-state index in [1.165, 1.54) is 12.1 Å². The normalized spacial score (nSPS) is 17.5. The molecule has 6 heteroatoms. The van der Waals surface area contributed by atoms with Crippen LogP contribution in [0.25, 0.3) is 0 Å². The van der Waals surface area contributed by atoms with E-state index in [1.807, 2.05) is 36.9 Å². The smallest absolute Gasteiger partial charge is 0.317 e. The monoisotopic (exact) mass is 397 g/mol. The molecule has 2 aromatic rings. The van der Waals surface area contributed by atoms with Gasteiger partial charge in [0.1, 0.15) is 5.82 Å². The molecule has 1 fully saturated rings. The molecule has 1 heterocycles. The van der Waals surface area contributed by atoms with E-state index in [-0.39, 0.29) is 29.7 Å².